The monoisotopic (exact) mass is 286 g/mol. The fourth-order valence-corrected chi connectivity index (χ4v) is 2.50. The Balaban J connectivity index is 2.24. The Morgan fingerprint density at radius 3 is 2.71 bits per heavy atom. The Labute approximate surface area is 121 Å². The average molecular weight is 286 g/mol. The van der Waals surface area contributed by atoms with Gasteiger partial charge in [0.05, 0.1) is 0 Å². The molecule has 0 saturated carbocycles. The molecule has 0 radical (unpaired) electrons. The summed E-state index contributed by atoms with van der Waals surface area (Å²) in [5.74, 6) is -0.614. The highest BCUT2D eigenvalue weighted by atomic mass is 19.1. The third kappa shape index (κ3) is 2.24. The van der Waals surface area contributed by atoms with Crippen molar-refractivity contribution in [2.75, 3.05) is 13.1 Å². The maximum atomic E-state index is 13.4. The van der Waals surface area contributed by atoms with E-state index in [1.807, 2.05) is 0 Å². The van der Waals surface area contributed by atoms with Crippen molar-refractivity contribution in [3.05, 3.63) is 58.8 Å². The molecule has 2 heterocycles. The minimum absolute atomic E-state index is 0.189. The molecule has 108 valence electrons. The van der Waals surface area contributed by atoms with Gasteiger partial charge < -0.3 is 4.90 Å². The number of hydrogen-bond acceptors (Lipinski definition) is 2. The number of allylic oxidation sites excluding steroid dienone is 1. The van der Waals surface area contributed by atoms with E-state index in [1.165, 1.54) is 22.8 Å². The van der Waals surface area contributed by atoms with Gasteiger partial charge in [-0.25, -0.2) is 4.39 Å². The van der Waals surface area contributed by atoms with Crippen LogP contribution < -0.4 is 5.56 Å². The van der Waals surface area contributed by atoms with Gasteiger partial charge in [0.2, 0.25) is 0 Å². The van der Waals surface area contributed by atoms with Crippen LogP contribution in [-0.2, 0) is 6.54 Å². The minimum Gasteiger partial charge on any atom is -0.337 e. The maximum Gasteiger partial charge on any atom is 0.270 e. The van der Waals surface area contributed by atoms with Crippen LogP contribution in [0.1, 0.15) is 16.9 Å². The molecule has 0 spiro atoms. The van der Waals surface area contributed by atoms with Gasteiger partial charge in [-0.05, 0) is 36.1 Å². The molecule has 1 fully saturated rings. The molecule has 2 aromatic rings. The number of likely N-dealkylation sites (tertiary alicyclic amines) is 1. The lowest BCUT2D eigenvalue weighted by atomic mass is 10.1. The van der Waals surface area contributed by atoms with E-state index in [4.69, 9.17) is 0 Å². The van der Waals surface area contributed by atoms with Gasteiger partial charge in [0.25, 0.3) is 11.5 Å². The Morgan fingerprint density at radius 2 is 2.10 bits per heavy atom. The van der Waals surface area contributed by atoms with E-state index in [0.29, 0.717) is 23.9 Å². The molecule has 4 nitrogen and oxygen atoms in total. The van der Waals surface area contributed by atoms with Crippen molar-refractivity contribution in [3.8, 4) is 0 Å². The predicted molar refractivity (Wildman–Crippen MR) is 78.9 cm³/mol. The van der Waals surface area contributed by atoms with Crippen LogP contribution in [-0.4, -0.2) is 28.5 Å². The SMILES string of the molecule is C=CCn1c(C(=O)N2CCC2)cc2cc(F)ccc2c1=O. The van der Waals surface area contributed by atoms with Crippen molar-refractivity contribution in [3.63, 3.8) is 0 Å². The van der Waals surface area contributed by atoms with Crippen molar-refractivity contribution < 1.29 is 9.18 Å². The average Bonchev–Trinajstić information content (AvgIpc) is 2.39. The summed E-state index contributed by atoms with van der Waals surface area (Å²) >= 11 is 0. The third-order valence-electron chi connectivity index (χ3n) is 3.75. The van der Waals surface area contributed by atoms with Crippen LogP contribution in [0.2, 0.25) is 0 Å². The van der Waals surface area contributed by atoms with E-state index in [1.54, 1.807) is 17.0 Å². The summed E-state index contributed by atoms with van der Waals surface area (Å²) in [6.07, 6.45) is 2.54. The number of rotatable bonds is 3. The largest absolute Gasteiger partial charge is 0.337 e. The molecule has 1 aliphatic rings. The van der Waals surface area contributed by atoms with Crippen molar-refractivity contribution in [2.45, 2.75) is 13.0 Å². The van der Waals surface area contributed by atoms with Crippen LogP contribution in [0.3, 0.4) is 0 Å². The zero-order chi connectivity index (χ0) is 15.0. The van der Waals surface area contributed by atoms with Crippen molar-refractivity contribution in [1.29, 1.82) is 0 Å². The summed E-state index contributed by atoms with van der Waals surface area (Å²) < 4.78 is 14.8. The zero-order valence-corrected chi connectivity index (χ0v) is 11.5. The molecule has 0 bridgehead atoms. The zero-order valence-electron chi connectivity index (χ0n) is 11.5. The summed E-state index contributed by atoms with van der Waals surface area (Å²) in [5.41, 5.74) is -0.00558. The maximum absolute atomic E-state index is 13.4. The molecular formula is C16H15FN2O2. The van der Waals surface area contributed by atoms with Crippen LogP contribution in [0.4, 0.5) is 4.39 Å². The van der Waals surface area contributed by atoms with E-state index < -0.39 is 5.82 Å². The minimum atomic E-state index is -0.425. The van der Waals surface area contributed by atoms with Crippen molar-refractivity contribution in [2.24, 2.45) is 0 Å². The Kier molecular flexibility index (Phi) is 3.33. The van der Waals surface area contributed by atoms with Gasteiger partial charge in [0, 0.05) is 25.0 Å². The second kappa shape index (κ2) is 5.16. The number of benzene rings is 1. The molecule has 3 rings (SSSR count). The fraction of sp³-hybridized carbons (Fsp3) is 0.250. The molecule has 0 unspecified atom stereocenters. The fourth-order valence-electron chi connectivity index (χ4n) is 2.50. The van der Waals surface area contributed by atoms with E-state index in [2.05, 4.69) is 6.58 Å². The Morgan fingerprint density at radius 1 is 1.33 bits per heavy atom. The molecule has 5 heteroatoms. The molecule has 0 aliphatic carbocycles. The van der Waals surface area contributed by atoms with Gasteiger partial charge in [-0.1, -0.05) is 6.08 Å². The first-order chi connectivity index (χ1) is 10.1. The predicted octanol–water partition coefficient (Wildman–Crippen LogP) is 2.17. The number of nitrogens with zero attached hydrogens (tertiary/aromatic N) is 2. The number of halogens is 1. The second-order valence-corrected chi connectivity index (χ2v) is 5.11. The number of carbonyl (C=O) groups is 1. The van der Waals surface area contributed by atoms with Gasteiger partial charge in [0.15, 0.2) is 0 Å². The van der Waals surface area contributed by atoms with E-state index in [-0.39, 0.29) is 23.7 Å². The number of carbonyl (C=O) groups excluding carboxylic acids is 1. The number of amides is 1. The highest BCUT2D eigenvalue weighted by Crippen LogP contribution is 2.18. The van der Waals surface area contributed by atoms with E-state index in [0.717, 1.165) is 6.42 Å². The lowest BCUT2D eigenvalue weighted by molar-refractivity contribution is 0.0640. The molecule has 21 heavy (non-hydrogen) atoms. The first kappa shape index (κ1) is 13.5. The molecule has 0 atom stereocenters. The van der Waals surface area contributed by atoms with Crippen LogP contribution in [0.25, 0.3) is 10.8 Å². The number of aromatic nitrogens is 1. The number of hydrogen-bond donors (Lipinski definition) is 0. The van der Waals surface area contributed by atoms with Gasteiger partial charge in [-0.2, -0.15) is 0 Å². The highest BCUT2D eigenvalue weighted by Gasteiger charge is 2.25. The molecule has 1 aromatic heterocycles. The second-order valence-electron chi connectivity index (χ2n) is 5.11. The summed E-state index contributed by atoms with van der Waals surface area (Å²) in [7, 11) is 0. The topological polar surface area (TPSA) is 42.3 Å². The summed E-state index contributed by atoms with van der Waals surface area (Å²) in [5, 5.41) is 0.850. The van der Waals surface area contributed by atoms with Gasteiger partial charge in [0.1, 0.15) is 11.5 Å². The van der Waals surface area contributed by atoms with Crippen LogP contribution in [0.5, 0.6) is 0 Å². The Bertz CT molecular complexity index is 791. The molecule has 1 aromatic carbocycles. The molecule has 1 saturated heterocycles. The van der Waals surface area contributed by atoms with Crippen molar-refractivity contribution >= 4 is 16.7 Å². The number of pyridine rings is 1. The highest BCUT2D eigenvalue weighted by molar-refractivity contribution is 5.97. The first-order valence-corrected chi connectivity index (χ1v) is 6.85. The molecular weight excluding hydrogens is 271 g/mol. The summed E-state index contributed by atoms with van der Waals surface area (Å²) in [6, 6.07) is 5.56. The van der Waals surface area contributed by atoms with Crippen molar-refractivity contribution in [1.82, 2.24) is 9.47 Å². The van der Waals surface area contributed by atoms with Crippen LogP contribution in [0.15, 0.2) is 41.7 Å². The molecule has 1 aliphatic heterocycles. The lowest BCUT2D eigenvalue weighted by Crippen LogP contribution is -2.44. The summed E-state index contributed by atoms with van der Waals surface area (Å²) in [6.45, 7) is 5.27. The van der Waals surface area contributed by atoms with E-state index in [9.17, 15) is 14.0 Å². The quantitative estimate of drug-likeness (QED) is 0.812. The molecule has 0 N–H and O–H groups in total. The van der Waals surface area contributed by atoms with Gasteiger partial charge >= 0.3 is 0 Å². The van der Waals surface area contributed by atoms with Crippen LogP contribution in [0, 0.1) is 5.82 Å². The number of fused-ring (bicyclic) bond motifs is 1. The third-order valence-corrected chi connectivity index (χ3v) is 3.75. The molecule has 1 amide bonds. The first-order valence-electron chi connectivity index (χ1n) is 6.85. The summed E-state index contributed by atoms with van der Waals surface area (Å²) in [4.78, 5) is 26.6. The normalized spacial score (nSPS) is 14.0. The smallest absolute Gasteiger partial charge is 0.270 e. The van der Waals surface area contributed by atoms with Gasteiger partial charge in [-0.15, -0.1) is 6.58 Å². The van der Waals surface area contributed by atoms with Crippen LogP contribution >= 0.6 is 0 Å². The lowest BCUT2D eigenvalue weighted by Gasteiger charge is -2.31. The van der Waals surface area contributed by atoms with Gasteiger partial charge in [-0.3, -0.25) is 14.2 Å². The Hall–Kier alpha value is -2.43. The standard InChI is InChI=1S/C16H15FN2O2/c1-2-6-19-14(16(21)18-7-3-8-18)10-11-9-12(17)4-5-13(11)15(19)20/h2,4-5,9-10H,1,3,6-8H2. The van der Waals surface area contributed by atoms with E-state index >= 15 is 0 Å².